The Morgan fingerprint density at radius 2 is 1.65 bits per heavy atom. The second-order valence-corrected chi connectivity index (χ2v) is 7.24. The van der Waals surface area contributed by atoms with Crippen LogP contribution in [0.15, 0.2) is 41.4 Å². The Hall–Kier alpha value is -0.860. The predicted octanol–water partition coefficient (Wildman–Crippen LogP) is 5.46. The number of hydrogen-bond acceptors (Lipinski definition) is 4. The molecule has 1 aliphatic rings. The van der Waals surface area contributed by atoms with E-state index in [9.17, 15) is 8.78 Å². The molecule has 1 heterocycles. The van der Waals surface area contributed by atoms with Gasteiger partial charge in [-0.2, -0.15) is 0 Å². The number of hydrogen-bond donors (Lipinski definition) is 1. The maximum absolute atomic E-state index is 13.8. The molecule has 9 heteroatoms. The highest BCUT2D eigenvalue weighted by atomic mass is 79.9. The monoisotopic (exact) mass is 481 g/mol. The van der Waals surface area contributed by atoms with Gasteiger partial charge in [-0.15, -0.1) is 17.0 Å². The van der Waals surface area contributed by atoms with Gasteiger partial charge in [0.2, 0.25) is 0 Å². The van der Waals surface area contributed by atoms with Crippen molar-refractivity contribution in [3.8, 4) is 0 Å². The summed E-state index contributed by atoms with van der Waals surface area (Å²) in [7, 11) is 0. The van der Waals surface area contributed by atoms with Gasteiger partial charge in [0.1, 0.15) is 11.6 Å². The van der Waals surface area contributed by atoms with Crippen molar-refractivity contribution in [2.24, 2.45) is 4.99 Å². The number of nitrogens with one attached hydrogen (secondary N) is 1. The third-order valence-electron chi connectivity index (χ3n) is 3.73. The molecule has 0 aromatic heterocycles. The fraction of sp³-hybridized carbons (Fsp3) is 0.235. The van der Waals surface area contributed by atoms with Crippen molar-refractivity contribution >= 4 is 57.1 Å². The number of thioether (sulfide) groups is 1. The molecule has 1 N–H and O–H groups in total. The lowest BCUT2D eigenvalue weighted by molar-refractivity contribution is 0.255. The van der Waals surface area contributed by atoms with Crippen molar-refractivity contribution in [3.05, 3.63) is 69.2 Å². The highest BCUT2D eigenvalue weighted by Gasteiger charge is 2.17. The SMILES string of the molecule is Br.Fc1cccc(Cl)c1CSC1=NCN(Cc2c(F)cccc2Cl)CN1. The summed E-state index contributed by atoms with van der Waals surface area (Å²) in [5.41, 5.74) is 0.912. The Morgan fingerprint density at radius 3 is 2.19 bits per heavy atom. The molecule has 3 rings (SSSR count). The van der Waals surface area contributed by atoms with Crippen LogP contribution in [-0.2, 0) is 12.3 Å². The Labute approximate surface area is 175 Å². The Balaban J connectivity index is 0.00000243. The van der Waals surface area contributed by atoms with E-state index in [2.05, 4.69) is 10.3 Å². The Morgan fingerprint density at radius 1 is 1.04 bits per heavy atom. The van der Waals surface area contributed by atoms with Crippen molar-refractivity contribution in [1.82, 2.24) is 10.2 Å². The molecule has 0 spiro atoms. The highest BCUT2D eigenvalue weighted by Crippen LogP contribution is 2.25. The number of nitrogens with zero attached hydrogens (tertiary/aromatic N) is 2. The summed E-state index contributed by atoms with van der Waals surface area (Å²) >= 11 is 13.5. The minimum atomic E-state index is -0.328. The van der Waals surface area contributed by atoms with Crippen LogP contribution in [0.1, 0.15) is 11.1 Å². The molecule has 0 fully saturated rings. The molecule has 26 heavy (non-hydrogen) atoms. The van der Waals surface area contributed by atoms with E-state index in [-0.39, 0.29) is 28.6 Å². The quantitative estimate of drug-likeness (QED) is 0.627. The van der Waals surface area contributed by atoms with Crippen LogP contribution in [0.3, 0.4) is 0 Å². The molecular formula is C17H16BrCl2F2N3S. The van der Waals surface area contributed by atoms with Gasteiger partial charge in [0.25, 0.3) is 0 Å². The summed E-state index contributed by atoms with van der Waals surface area (Å²) < 4.78 is 27.6. The van der Waals surface area contributed by atoms with Gasteiger partial charge in [0.05, 0.1) is 13.3 Å². The second-order valence-electron chi connectivity index (χ2n) is 5.46. The number of benzene rings is 2. The van der Waals surface area contributed by atoms with E-state index in [1.165, 1.54) is 23.9 Å². The molecular weight excluding hydrogens is 467 g/mol. The maximum Gasteiger partial charge on any atom is 0.159 e. The summed E-state index contributed by atoms with van der Waals surface area (Å²) in [5.74, 6) is -0.269. The van der Waals surface area contributed by atoms with E-state index in [0.717, 1.165) is 0 Å². The summed E-state index contributed by atoms with van der Waals surface area (Å²) in [4.78, 5) is 6.33. The molecule has 2 aromatic rings. The molecule has 0 radical (unpaired) electrons. The fourth-order valence-electron chi connectivity index (χ4n) is 2.37. The van der Waals surface area contributed by atoms with Crippen LogP contribution in [0.5, 0.6) is 0 Å². The largest absolute Gasteiger partial charge is 0.352 e. The molecule has 0 unspecified atom stereocenters. The lowest BCUT2D eigenvalue weighted by Crippen LogP contribution is -2.41. The maximum atomic E-state index is 13.8. The minimum Gasteiger partial charge on any atom is -0.352 e. The Kier molecular flexibility index (Phi) is 8.16. The molecule has 0 amide bonds. The third-order valence-corrected chi connectivity index (χ3v) is 5.41. The topological polar surface area (TPSA) is 27.6 Å². The summed E-state index contributed by atoms with van der Waals surface area (Å²) in [5, 5.41) is 4.65. The zero-order valence-electron chi connectivity index (χ0n) is 13.5. The zero-order chi connectivity index (χ0) is 17.8. The average molecular weight is 483 g/mol. The van der Waals surface area contributed by atoms with Crippen LogP contribution in [0.25, 0.3) is 0 Å². The van der Waals surface area contributed by atoms with Gasteiger partial charge in [0.15, 0.2) is 5.17 Å². The summed E-state index contributed by atoms with van der Waals surface area (Å²) in [6.45, 7) is 1.27. The van der Waals surface area contributed by atoms with E-state index in [1.807, 2.05) is 4.90 Å². The first-order valence-corrected chi connectivity index (χ1v) is 9.28. The van der Waals surface area contributed by atoms with Crippen molar-refractivity contribution in [2.75, 3.05) is 13.3 Å². The van der Waals surface area contributed by atoms with Crippen LogP contribution in [0, 0.1) is 11.6 Å². The molecule has 2 aromatic carbocycles. The fourth-order valence-corrected chi connectivity index (χ4v) is 3.79. The molecule has 0 atom stereocenters. The van der Waals surface area contributed by atoms with Crippen molar-refractivity contribution < 1.29 is 8.78 Å². The van der Waals surface area contributed by atoms with Crippen LogP contribution in [-0.4, -0.2) is 23.4 Å². The molecule has 140 valence electrons. The van der Waals surface area contributed by atoms with Crippen LogP contribution < -0.4 is 5.32 Å². The first-order chi connectivity index (χ1) is 12.0. The van der Waals surface area contributed by atoms with Gasteiger partial charge < -0.3 is 5.32 Å². The summed E-state index contributed by atoms with van der Waals surface area (Å²) in [6.07, 6.45) is 0. The van der Waals surface area contributed by atoms with E-state index >= 15 is 0 Å². The number of halogens is 5. The van der Waals surface area contributed by atoms with E-state index in [0.29, 0.717) is 52.0 Å². The molecule has 0 saturated carbocycles. The van der Waals surface area contributed by atoms with Crippen molar-refractivity contribution in [1.29, 1.82) is 0 Å². The average Bonchev–Trinajstić information content (AvgIpc) is 2.59. The molecule has 3 nitrogen and oxygen atoms in total. The van der Waals surface area contributed by atoms with Gasteiger partial charge >= 0.3 is 0 Å². The standard InChI is InChI=1S/C17H15Cl2F2N3S.BrH/c18-13-3-1-5-15(20)11(13)7-24-9-22-17(23-10-24)25-8-12-14(19)4-2-6-16(12)21;/h1-6H,7-10H2,(H,22,23);1H. The van der Waals surface area contributed by atoms with E-state index < -0.39 is 0 Å². The summed E-state index contributed by atoms with van der Waals surface area (Å²) in [6, 6.07) is 9.26. The van der Waals surface area contributed by atoms with Crippen LogP contribution in [0.4, 0.5) is 8.78 Å². The van der Waals surface area contributed by atoms with Gasteiger partial charge in [-0.05, 0) is 24.3 Å². The lowest BCUT2D eigenvalue weighted by Gasteiger charge is -2.27. The highest BCUT2D eigenvalue weighted by molar-refractivity contribution is 8.93. The minimum absolute atomic E-state index is 0. The first kappa shape index (κ1) is 21.4. The normalized spacial score (nSPS) is 14.4. The van der Waals surface area contributed by atoms with Gasteiger partial charge in [-0.3, -0.25) is 4.90 Å². The number of aliphatic imine (C=N–C) groups is 1. The van der Waals surface area contributed by atoms with Crippen molar-refractivity contribution in [3.63, 3.8) is 0 Å². The molecule has 0 bridgehead atoms. The molecule has 0 saturated heterocycles. The van der Waals surface area contributed by atoms with E-state index in [1.54, 1.807) is 24.3 Å². The number of rotatable bonds is 4. The van der Waals surface area contributed by atoms with Crippen molar-refractivity contribution in [2.45, 2.75) is 12.3 Å². The number of amidine groups is 1. The van der Waals surface area contributed by atoms with Crippen LogP contribution in [0.2, 0.25) is 10.0 Å². The Bertz CT molecular complexity index is 767. The van der Waals surface area contributed by atoms with Gasteiger partial charge in [-0.25, -0.2) is 13.8 Å². The lowest BCUT2D eigenvalue weighted by atomic mass is 10.2. The van der Waals surface area contributed by atoms with Gasteiger partial charge in [-0.1, -0.05) is 47.1 Å². The predicted molar refractivity (Wildman–Crippen MR) is 110 cm³/mol. The third kappa shape index (κ3) is 5.33. The zero-order valence-corrected chi connectivity index (χ0v) is 17.6. The van der Waals surface area contributed by atoms with E-state index in [4.69, 9.17) is 23.2 Å². The second kappa shape index (κ2) is 9.90. The first-order valence-electron chi connectivity index (χ1n) is 7.54. The molecule has 1 aliphatic heterocycles. The smallest absolute Gasteiger partial charge is 0.159 e. The van der Waals surface area contributed by atoms with Gasteiger partial charge in [0, 0.05) is 33.5 Å². The van der Waals surface area contributed by atoms with Crippen LogP contribution >= 0.6 is 51.9 Å². The molecule has 0 aliphatic carbocycles.